The van der Waals surface area contributed by atoms with Crippen molar-refractivity contribution >= 4 is 28.1 Å². The van der Waals surface area contributed by atoms with E-state index in [1.54, 1.807) is 19.2 Å². The number of aromatic nitrogens is 2. The molecule has 1 aromatic rings. The van der Waals surface area contributed by atoms with E-state index in [9.17, 15) is 17.8 Å². The van der Waals surface area contributed by atoms with Crippen LogP contribution in [0, 0.1) is 11.7 Å². The maximum absolute atomic E-state index is 13.6. The predicted molar refractivity (Wildman–Crippen MR) is 141 cm³/mol. The molecule has 2 N–H and O–H groups in total. The molecule has 1 atom stereocenters. The summed E-state index contributed by atoms with van der Waals surface area (Å²) in [6.07, 6.45) is 8.34. The van der Waals surface area contributed by atoms with Crippen LogP contribution in [0.4, 0.5) is 8.78 Å². The van der Waals surface area contributed by atoms with E-state index in [4.69, 9.17) is 9.52 Å². The molecule has 0 spiro atoms. The van der Waals surface area contributed by atoms with Crippen molar-refractivity contribution < 1.29 is 17.7 Å². The summed E-state index contributed by atoms with van der Waals surface area (Å²) >= 11 is 0. The molecule has 0 bridgehead atoms. The van der Waals surface area contributed by atoms with Gasteiger partial charge >= 0.3 is 0 Å². The smallest absolute Gasteiger partial charge is 0.258 e. The number of ether oxygens (including phenoxy) is 1. The summed E-state index contributed by atoms with van der Waals surface area (Å²) in [4.78, 5) is 21.0. The highest BCUT2D eigenvalue weighted by Gasteiger charge is 2.13. The van der Waals surface area contributed by atoms with Crippen LogP contribution in [0.5, 0.6) is 0 Å². The first-order valence-electron chi connectivity index (χ1n) is 11.1. The number of hydrogen-bond donors (Lipinski definition) is 2. The molecule has 194 valence electrons. The number of rotatable bonds is 11. The molecule has 0 saturated heterocycles. The minimum absolute atomic E-state index is 0.0153. The summed E-state index contributed by atoms with van der Waals surface area (Å²) in [6.45, 7) is 10.4. The van der Waals surface area contributed by atoms with Gasteiger partial charge in [-0.2, -0.15) is 0 Å². The second kappa shape index (κ2) is 12.9. The summed E-state index contributed by atoms with van der Waals surface area (Å²) in [7, 11) is -1.99. The molecule has 0 radical (unpaired) electrons. The third-order valence-corrected chi connectivity index (χ3v) is 6.45. The van der Waals surface area contributed by atoms with Gasteiger partial charge in [-0.15, -0.1) is 0 Å². The molecule has 11 heteroatoms. The van der Waals surface area contributed by atoms with Crippen LogP contribution >= 0.6 is 0 Å². The fourth-order valence-electron chi connectivity index (χ4n) is 3.19. The zero-order valence-electron chi connectivity index (χ0n) is 20.6. The van der Waals surface area contributed by atoms with Crippen LogP contribution in [0.25, 0.3) is 12.3 Å². The SMILES string of the molecule is C=C(F)C/C=C(/F)CCCS(=N)(=O)NC(=C)C(=N/C=C(\C)C1=Cn2c(nc(C)cc2=O)C=CC1)OC. The Morgan fingerprint density at radius 2 is 2.14 bits per heavy atom. The predicted octanol–water partition coefficient (Wildman–Crippen LogP) is 5.33. The first kappa shape index (κ1) is 28.6. The van der Waals surface area contributed by atoms with Crippen LogP contribution in [0.1, 0.15) is 44.1 Å². The van der Waals surface area contributed by atoms with Crippen molar-refractivity contribution in [1.29, 1.82) is 4.78 Å². The highest BCUT2D eigenvalue weighted by atomic mass is 32.2. The van der Waals surface area contributed by atoms with Gasteiger partial charge in [0.05, 0.1) is 24.5 Å². The van der Waals surface area contributed by atoms with Crippen molar-refractivity contribution in [3.05, 3.63) is 87.9 Å². The van der Waals surface area contributed by atoms with Crippen LogP contribution in [0.2, 0.25) is 0 Å². The Balaban J connectivity index is 2.10. The maximum Gasteiger partial charge on any atom is 0.258 e. The highest BCUT2D eigenvalue weighted by molar-refractivity contribution is 7.90. The molecule has 36 heavy (non-hydrogen) atoms. The van der Waals surface area contributed by atoms with Gasteiger partial charge < -0.3 is 4.74 Å². The summed E-state index contributed by atoms with van der Waals surface area (Å²) in [5, 5.41) is 0. The summed E-state index contributed by atoms with van der Waals surface area (Å²) in [6, 6.07) is 1.46. The fourth-order valence-corrected chi connectivity index (χ4v) is 4.33. The molecule has 1 aliphatic rings. The second-order valence-electron chi connectivity index (χ2n) is 8.11. The van der Waals surface area contributed by atoms with Crippen LogP contribution < -0.4 is 10.3 Å². The highest BCUT2D eigenvalue weighted by Crippen LogP contribution is 2.20. The van der Waals surface area contributed by atoms with Crippen LogP contribution in [0.3, 0.4) is 0 Å². The normalized spacial score (nSPS) is 15.9. The lowest BCUT2D eigenvalue weighted by Crippen LogP contribution is -2.28. The van der Waals surface area contributed by atoms with Gasteiger partial charge in [-0.05, 0) is 56.4 Å². The molecular weight excluding hydrogens is 488 g/mol. The number of allylic oxidation sites excluding steroid dienone is 6. The van der Waals surface area contributed by atoms with Gasteiger partial charge in [0, 0.05) is 30.6 Å². The summed E-state index contributed by atoms with van der Waals surface area (Å²) in [5.74, 6) is -0.811. The van der Waals surface area contributed by atoms with E-state index in [0.29, 0.717) is 17.9 Å². The molecule has 1 aliphatic heterocycles. The minimum atomic E-state index is -3.35. The molecule has 1 unspecified atom stereocenters. The Hall–Kier alpha value is -3.60. The minimum Gasteiger partial charge on any atom is -0.480 e. The number of methoxy groups -OCH3 is 1. The van der Waals surface area contributed by atoms with E-state index < -0.39 is 21.6 Å². The monoisotopic (exact) mass is 519 g/mol. The van der Waals surface area contributed by atoms with Crippen molar-refractivity contribution in [2.24, 2.45) is 4.99 Å². The molecule has 0 aromatic carbocycles. The van der Waals surface area contributed by atoms with Gasteiger partial charge in [-0.25, -0.2) is 27.7 Å². The Kier molecular flexibility index (Phi) is 10.3. The average Bonchev–Trinajstić information content (AvgIpc) is 3.00. The van der Waals surface area contributed by atoms with Gasteiger partial charge in [-0.3, -0.25) is 14.1 Å². The summed E-state index contributed by atoms with van der Waals surface area (Å²) in [5.41, 5.74) is 2.04. The van der Waals surface area contributed by atoms with Gasteiger partial charge in [0.15, 0.2) is 0 Å². The van der Waals surface area contributed by atoms with Crippen molar-refractivity contribution in [2.75, 3.05) is 12.9 Å². The molecule has 2 heterocycles. The number of aryl methyl sites for hydroxylation is 1. The van der Waals surface area contributed by atoms with E-state index >= 15 is 0 Å². The number of nitrogens with zero attached hydrogens (tertiary/aromatic N) is 3. The summed E-state index contributed by atoms with van der Waals surface area (Å²) < 4.78 is 56.0. The molecule has 0 saturated carbocycles. The standard InChI is InChI=1S/C25H31F2N5O3S/c1-17(21-8-6-10-23-30-19(3)14-24(33)32(23)16-21)15-29-25(35-5)20(4)31-36(28,34)13-7-9-22(27)12-11-18(2)26/h6,10,12,14-16H,2,4,7-9,11,13H2,1,3,5H3,(H2,28,31,34)/b17-15+,22-12+,29-25?. The van der Waals surface area contributed by atoms with Gasteiger partial charge in [0.1, 0.15) is 21.4 Å². The van der Waals surface area contributed by atoms with E-state index in [1.165, 1.54) is 23.9 Å². The van der Waals surface area contributed by atoms with Crippen LogP contribution in [-0.4, -0.2) is 32.5 Å². The van der Waals surface area contributed by atoms with E-state index in [1.807, 2.05) is 13.0 Å². The Morgan fingerprint density at radius 3 is 2.81 bits per heavy atom. The lowest BCUT2D eigenvalue weighted by molar-refractivity contribution is 0.402. The number of nitrogens with one attached hydrogen (secondary N) is 2. The van der Waals surface area contributed by atoms with Crippen molar-refractivity contribution in [1.82, 2.24) is 14.3 Å². The average molecular weight is 520 g/mol. The Bertz CT molecular complexity index is 1340. The fraction of sp³-hybridized carbons (Fsp3) is 0.320. The van der Waals surface area contributed by atoms with E-state index in [0.717, 1.165) is 17.2 Å². The zero-order chi connectivity index (χ0) is 26.9. The Labute approximate surface area is 210 Å². The molecule has 8 nitrogen and oxygen atoms in total. The molecule has 2 rings (SSSR count). The molecule has 0 amide bonds. The van der Waals surface area contributed by atoms with Gasteiger partial charge in [0.25, 0.3) is 5.56 Å². The third-order valence-electron chi connectivity index (χ3n) is 5.01. The van der Waals surface area contributed by atoms with Crippen molar-refractivity contribution in [2.45, 2.75) is 39.5 Å². The van der Waals surface area contributed by atoms with E-state index in [-0.39, 0.29) is 42.2 Å². The lowest BCUT2D eigenvalue weighted by atomic mass is 10.1. The molecule has 0 fully saturated rings. The van der Waals surface area contributed by atoms with Crippen LogP contribution in [-0.2, 0) is 14.7 Å². The van der Waals surface area contributed by atoms with Crippen molar-refractivity contribution in [3.63, 3.8) is 0 Å². The first-order chi connectivity index (χ1) is 16.9. The second-order valence-corrected chi connectivity index (χ2v) is 10.1. The zero-order valence-corrected chi connectivity index (χ0v) is 21.5. The number of hydrogen-bond acceptors (Lipinski definition) is 6. The molecular formula is C25H31F2N5O3S. The third kappa shape index (κ3) is 8.88. The Morgan fingerprint density at radius 1 is 1.42 bits per heavy atom. The van der Waals surface area contributed by atoms with Crippen LogP contribution in [0.15, 0.2) is 75.9 Å². The molecule has 1 aromatic heterocycles. The molecule has 0 aliphatic carbocycles. The van der Waals surface area contributed by atoms with Crippen molar-refractivity contribution in [3.8, 4) is 0 Å². The number of aliphatic imine (C=N–C) groups is 1. The van der Waals surface area contributed by atoms with Gasteiger partial charge in [-0.1, -0.05) is 19.2 Å². The first-order valence-corrected chi connectivity index (χ1v) is 12.8. The lowest BCUT2D eigenvalue weighted by Gasteiger charge is -2.13. The van der Waals surface area contributed by atoms with E-state index in [2.05, 4.69) is 27.9 Å². The maximum atomic E-state index is 13.6. The topological polar surface area (TPSA) is 109 Å². The number of fused-ring (bicyclic) bond motifs is 1. The number of halogens is 2. The van der Waals surface area contributed by atoms with Gasteiger partial charge in [0.2, 0.25) is 5.90 Å². The quantitative estimate of drug-likeness (QED) is 0.304. The largest absolute Gasteiger partial charge is 0.480 e.